The van der Waals surface area contributed by atoms with Crippen LogP contribution in [0.15, 0.2) is 0 Å². The topological polar surface area (TPSA) is 81.7 Å². The summed E-state index contributed by atoms with van der Waals surface area (Å²) in [7, 11) is 1.79. The molecule has 0 aliphatic heterocycles. The number of aryl methyl sites for hydroxylation is 1. The predicted molar refractivity (Wildman–Crippen MR) is 50.1 cm³/mol. The largest absolute Gasteiger partial charge is 0.350 e. The van der Waals surface area contributed by atoms with Crippen molar-refractivity contribution in [2.45, 2.75) is 19.9 Å². The van der Waals surface area contributed by atoms with Crippen LogP contribution in [0.25, 0.3) is 0 Å². The highest BCUT2D eigenvalue weighted by atomic mass is 15.6. The molecule has 1 aromatic heterocycles. The van der Waals surface area contributed by atoms with Crippen molar-refractivity contribution in [2.24, 2.45) is 18.7 Å². The summed E-state index contributed by atoms with van der Waals surface area (Å²) in [6, 6.07) is 0.273. The van der Waals surface area contributed by atoms with Crippen molar-refractivity contribution in [1.82, 2.24) is 20.2 Å². The fraction of sp³-hybridized carbons (Fsp3) is 0.857. The smallest absolute Gasteiger partial charge is 0.242 e. The number of anilines is 1. The summed E-state index contributed by atoms with van der Waals surface area (Å²) >= 11 is 0. The monoisotopic (exact) mass is 184 g/mol. The minimum absolute atomic E-state index is 0.273. The van der Waals surface area contributed by atoms with Crippen LogP contribution in [0.4, 0.5) is 5.95 Å². The number of hydrogen-bond donors (Lipinski definition) is 2. The van der Waals surface area contributed by atoms with Crippen LogP contribution in [0.3, 0.4) is 0 Å². The third-order valence-corrected chi connectivity index (χ3v) is 2.20. The third-order valence-electron chi connectivity index (χ3n) is 2.20. The molecule has 0 amide bonds. The van der Waals surface area contributed by atoms with Crippen molar-refractivity contribution in [1.29, 1.82) is 0 Å². The number of nitrogens with two attached hydrogens (primary N) is 1. The van der Waals surface area contributed by atoms with Gasteiger partial charge in [0.15, 0.2) is 0 Å². The number of rotatable bonds is 4. The molecule has 0 aromatic carbocycles. The molecule has 74 valence electrons. The average molecular weight is 184 g/mol. The summed E-state index contributed by atoms with van der Waals surface area (Å²) < 4.78 is 1.60. The standard InChI is InChI=1S/C7H16N6/c1-5(4-8)6(2)9-7-10-11-12-13(7)3/h5-6H,4,8H2,1-3H3,(H,9,10,12). The first-order valence-electron chi connectivity index (χ1n) is 4.34. The second kappa shape index (κ2) is 4.18. The van der Waals surface area contributed by atoms with E-state index in [4.69, 9.17) is 5.73 Å². The van der Waals surface area contributed by atoms with Gasteiger partial charge in [-0.3, -0.25) is 0 Å². The van der Waals surface area contributed by atoms with Crippen LogP contribution in [0, 0.1) is 5.92 Å². The van der Waals surface area contributed by atoms with Gasteiger partial charge in [0.2, 0.25) is 5.95 Å². The van der Waals surface area contributed by atoms with Gasteiger partial charge < -0.3 is 11.1 Å². The van der Waals surface area contributed by atoms with Crippen LogP contribution in [0.5, 0.6) is 0 Å². The van der Waals surface area contributed by atoms with E-state index in [0.29, 0.717) is 18.4 Å². The normalized spacial score (nSPS) is 15.4. The van der Waals surface area contributed by atoms with Gasteiger partial charge in [0.1, 0.15) is 0 Å². The van der Waals surface area contributed by atoms with Gasteiger partial charge in [-0.05, 0) is 29.8 Å². The molecular weight excluding hydrogens is 168 g/mol. The third kappa shape index (κ3) is 2.38. The van der Waals surface area contributed by atoms with Crippen molar-refractivity contribution in [3.8, 4) is 0 Å². The van der Waals surface area contributed by atoms with E-state index in [1.807, 2.05) is 0 Å². The van der Waals surface area contributed by atoms with Gasteiger partial charge in [-0.15, -0.1) is 0 Å². The maximum atomic E-state index is 5.54. The Bertz CT molecular complexity index is 257. The van der Waals surface area contributed by atoms with Gasteiger partial charge in [-0.2, -0.15) is 0 Å². The number of aromatic nitrogens is 4. The van der Waals surface area contributed by atoms with Gasteiger partial charge in [-0.1, -0.05) is 12.0 Å². The Morgan fingerprint density at radius 2 is 2.23 bits per heavy atom. The molecule has 0 spiro atoms. The zero-order chi connectivity index (χ0) is 9.84. The lowest BCUT2D eigenvalue weighted by atomic mass is 10.0. The molecule has 0 aliphatic carbocycles. The number of hydrogen-bond acceptors (Lipinski definition) is 5. The fourth-order valence-corrected chi connectivity index (χ4v) is 0.902. The molecule has 1 heterocycles. The summed E-state index contributed by atoms with van der Waals surface area (Å²) in [5.41, 5.74) is 5.54. The van der Waals surface area contributed by atoms with E-state index in [1.165, 1.54) is 0 Å². The summed E-state index contributed by atoms with van der Waals surface area (Å²) in [6.07, 6.45) is 0. The van der Waals surface area contributed by atoms with Crippen LogP contribution < -0.4 is 11.1 Å². The van der Waals surface area contributed by atoms with Crippen molar-refractivity contribution < 1.29 is 0 Å². The number of tetrazole rings is 1. The highest BCUT2D eigenvalue weighted by molar-refractivity contribution is 5.22. The van der Waals surface area contributed by atoms with E-state index in [1.54, 1.807) is 11.7 Å². The maximum absolute atomic E-state index is 5.54. The zero-order valence-corrected chi connectivity index (χ0v) is 8.23. The minimum Gasteiger partial charge on any atom is -0.350 e. The first-order valence-corrected chi connectivity index (χ1v) is 4.34. The molecule has 0 bridgehead atoms. The first kappa shape index (κ1) is 9.91. The van der Waals surface area contributed by atoms with Crippen molar-refractivity contribution in [2.75, 3.05) is 11.9 Å². The van der Waals surface area contributed by atoms with Gasteiger partial charge in [0.25, 0.3) is 0 Å². The summed E-state index contributed by atoms with van der Waals surface area (Å²) in [6.45, 7) is 4.80. The zero-order valence-electron chi connectivity index (χ0n) is 8.23. The molecule has 2 atom stereocenters. The fourth-order valence-electron chi connectivity index (χ4n) is 0.902. The van der Waals surface area contributed by atoms with E-state index >= 15 is 0 Å². The summed E-state index contributed by atoms with van der Waals surface area (Å²) in [4.78, 5) is 0. The molecule has 3 N–H and O–H groups in total. The lowest BCUT2D eigenvalue weighted by molar-refractivity contribution is 0.515. The van der Waals surface area contributed by atoms with Crippen molar-refractivity contribution in [3.63, 3.8) is 0 Å². The Hall–Kier alpha value is -1.17. The van der Waals surface area contributed by atoms with Crippen LogP contribution in [-0.2, 0) is 7.05 Å². The predicted octanol–water partition coefficient (Wildman–Crippen LogP) is -0.395. The Morgan fingerprint density at radius 3 is 2.69 bits per heavy atom. The summed E-state index contributed by atoms with van der Waals surface area (Å²) in [5.74, 6) is 1.07. The lowest BCUT2D eigenvalue weighted by Gasteiger charge is -2.19. The highest BCUT2D eigenvalue weighted by Crippen LogP contribution is 2.06. The molecule has 1 rings (SSSR count). The molecule has 0 radical (unpaired) electrons. The van der Waals surface area contributed by atoms with E-state index in [2.05, 4.69) is 34.7 Å². The molecule has 2 unspecified atom stereocenters. The second-order valence-electron chi connectivity index (χ2n) is 3.27. The van der Waals surface area contributed by atoms with E-state index < -0.39 is 0 Å². The molecule has 0 aliphatic rings. The molecule has 0 saturated carbocycles. The Morgan fingerprint density at radius 1 is 1.54 bits per heavy atom. The molecule has 13 heavy (non-hydrogen) atoms. The van der Waals surface area contributed by atoms with Crippen LogP contribution in [0.1, 0.15) is 13.8 Å². The van der Waals surface area contributed by atoms with Crippen LogP contribution >= 0.6 is 0 Å². The van der Waals surface area contributed by atoms with Gasteiger partial charge >= 0.3 is 0 Å². The maximum Gasteiger partial charge on any atom is 0.242 e. The molecule has 6 nitrogen and oxygen atoms in total. The SMILES string of the molecule is CC(CN)C(C)Nc1nnnn1C. The molecule has 6 heteroatoms. The van der Waals surface area contributed by atoms with E-state index in [0.717, 1.165) is 0 Å². The molecule has 0 fully saturated rings. The number of nitrogens with one attached hydrogen (secondary N) is 1. The van der Waals surface area contributed by atoms with Crippen molar-refractivity contribution >= 4 is 5.95 Å². The average Bonchev–Trinajstić information content (AvgIpc) is 2.50. The summed E-state index contributed by atoms with van der Waals surface area (Å²) in [5, 5.41) is 14.3. The molecule has 1 aromatic rings. The Kier molecular flexibility index (Phi) is 3.18. The Balaban J connectivity index is 2.54. The minimum atomic E-state index is 0.273. The molecule has 0 saturated heterocycles. The van der Waals surface area contributed by atoms with Gasteiger partial charge in [0.05, 0.1) is 0 Å². The van der Waals surface area contributed by atoms with E-state index in [9.17, 15) is 0 Å². The highest BCUT2D eigenvalue weighted by Gasteiger charge is 2.12. The van der Waals surface area contributed by atoms with Crippen LogP contribution in [0.2, 0.25) is 0 Å². The lowest BCUT2D eigenvalue weighted by Crippen LogP contribution is -2.30. The number of nitrogens with zero attached hydrogens (tertiary/aromatic N) is 4. The van der Waals surface area contributed by atoms with Crippen molar-refractivity contribution in [3.05, 3.63) is 0 Å². The Labute approximate surface area is 77.5 Å². The second-order valence-corrected chi connectivity index (χ2v) is 3.27. The molecular formula is C7H16N6. The van der Waals surface area contributed by atoms with Crippen LogP contribution in [-0.4, -0.2) is 32.8 Å². The van der Waals surface area contributed by atoms with E-state index in [-0.39, 0.29) is 6.04 Å². The van der Waals surface area contributed by atoms with Gasteiger partial charge in [0, 0.05) is 13.1 Å². The van der Waals surface area contributed by atoms with Gasteiger partial charge in [-0.25, -0.2) is 4.68 Å². The quantitative estimate of drug-likeness (QED) is 0.665. The first-order chi connectivity index (χ1) is 6.15.